The maximum absolute atomic E-state index is 13.3. The van der Waals surface area contributed by atoms with Crippen LogP contribution in [-0.4, -0.2) is 35.5 Å². The fourth-order valence-electron chi connectivity index (χ4n) is 3.97. The van der Waals surface area contributed by atoms with E-state index in [9.17, 15) is 19.2 Å². The van der Waals surface area contributed by atoms with Crippen LogP contribution in [0.1, 0.15) is 47.1 Å². The molecule has 4 rings (SSSR count). The second-order valence-corrected chi connectivity index (χ2v) is 12.0. The Hall–Kier alpha value is -5.32. The van der Waals surface area contributed by atoms with Gasteiger partial charge in [0.1, 0.15) is 46.3 Å². The van der Waals surface area contributed by atoms with Crippen molar-refractivity contribution in [1.29, 1.82) is 0 Å². The summed E-state index contributed by atoms with van der Waals surface area (Å²) >= 11 is 0. The Morgan fingerprint density at radius 1 is 0.778 bits per heavy atom. The van der Waals surface area contributed by atoms with Crippen molar-refractivity contribution in [2.24, 2.45) is 0 Å². The highest BCUT2D eigenvalue weighted by Gasteiger charge is 2.27. The van der Waals surface area contributed by atoms with E-state index >= 15 is 0 Å². The minimum atomic E-state index is -1.16. The zero-order chi connectivity index (χ0) is 32.8. The van der Waals surface area contributed by atoms with E-state index in [1.165, 1.54) is 36.6 Å². The number of nitrogens with one attached hydrogen (secondary N) is 1. The predicted octanol–water partition coefficient (Wildman–Crippen LogP) is 6.94. The number of fused-ring (bicyclic) bond motifs is 1. The number of rotatable bonds is 8. The summed E-state index contributed by atoms with van der Waals surface area (Å²) in [5, 5.41) is 2.78. The zero-order valence-electron chi connectivity index (χ0n) is 25.9. The minimum Gasteiger partial charge on any atom is -0.460 e. The van der Waals surface area contributed by atoms with E-state index in [0.717, 1.165) is 0 Å². The molecule has 1 N–H and O–H groups in total. The summed E-state index contributed by atoms with van der Waals surface area (Å²) in [5.74, 6) is 0.0124. The number of esters is 1. The third-order valence-corrected chi connectivity index (χ3v) is 5.83. The van der Waals surface area contributed by atoms with Crippen LogP contribution in [0.2, 0.25) is 0 Å². The Labute approximate surface area is 260 Å². The van der Waals surface area contributed by atoms with Gasteiger partial charge in [-0.1, -0.05) is 30.3 Å². The van der Waals surface area contributed by atoms with Crippen LogP contribution < -0.4 is 25.0 Å². The lowest BCUT2D eigenvalue weighted by Crippen LogP contribution is -2.46. The first kappa shape index (κ1) is 32.6. The highest BCUT2D eigenvalue weighted by Crippen LogP contribution is 2.25. The van der Waals surface area contributed by atoms with E-state index < -0.39 is 40.9 Å². The monoisotopic (exact) mass is 617 g/mol. The molecule has 3 aromatic carbocycles. The first-order chi connectivity index (χ1) is 21.1. The third kappa shape index (κ3) is 9.85. The van der Waals surface area contributed by atoms with Crippen LogP contribution in [0.3, 0.4) is 0 Å². The van der Waals surface area contributed by atoms with Gasteiger partial charge in [0, 0.05) is 12.5 Å². The highest BCUT2D eigenvalue weighted by atomic mass is 16.7. The lowest BCUT2D eigenvalue weighted by Gasteiger charge is -2.23. The smallest absolute Gasteiger partial charge is 0.460 e. The molecular weight excluding hydrogens is 582 g/mol. The quantitative estimate of drug-likeness (QED) is 0.126. The van der Waals surface area contributed by atoms with Crippen molar-refractivity contribution in [1.82, 2.24) is 5.32 Å². The van der Waals surface area contributed by atoms with Crippen LogP contribution in [-0.2, 0) is 20.7 Å². The summed E-state index contributed by atoms with van der Waals surface area (Å²) in [6.07, 6.45) is -0.459. The lowest BCUT2D eigenvalue weighted by molar-refractivity contribution is -0.136. The molecule has 11 nitrogen and oxygen atoms in total. The minimum absolute atomic E-state index is 0.00239. The van der Waals surface area contributed by atoms with Crippen molar-refractivity contribution in [3.05, 3.63) is 94.8 Å². The van der Waals surface area contributed by atoms with Crippen LogP contribution in [0.25, 0.3) is 11.0 Å². The van der Waals surface area contributed by atoms with Gasteiger partial charge >= 0.3 is 18.2 Å². The predicted molar refractivity (Wildman–Crippen MR) is 165 cm³/mol. The number of carbonyl (C=O) groups excluding carboxylic acids is 3. The van der Waals surface area contributed by atoms with Crippen molar-refractivity contribution in [3.8, 4) is 23.0 Å². The van der Waals surface area contributed by atoms with E-state index in [4.69, 9.17) is 28.1 Å². The van der Waals surface area contributed by atoms with Crippen LogP contribution in [0.4, 0.5) is 9.59 Å². The van der Waals surface area contributed by atoms with E-state index in [2.05, 4.69) is 5.32 Å². The molecule has 0 radical (unpaired) electrons. The fourth-order valence-corrected chi connectivity index (χ4v) is 3.97. The molecule has 0 aliphatic heterocycles. The molecule has 1 heterocycles. The summed E-state index contributed by atoms with van der Waals surface area (Å²) in [6, 6.07) is 18.3. The van der Waals surface area contributed by atoms with Gasteiger partial charge in [-0.05, 0) is 83.5 Å². The Bertz CT molecular complexity index is 1710. The normalized spacial score (nSPS) is 12.1. The van der Waals surface area contributed by atoms with Crippen LogP contribution >= 0.6 is 0 Å². The summed E-state index contributed by atoms with van der Waals surface area (Å²) in [7, 11) is 0. The summed E-state index contributed by atoms with van der Waals surface area (Å²) in [4.78, 5) is 50.9. The van der Waals surface area contributed by atoms with Gasteiger partial charge in [-0.2, -0.15) is 0 Å². The molecule has 0 aliphatic carbocycles. The van der Waals surface area contributed by atoms with Crippen molar-refractivity contribution in [3.63, 3.8) is 0 Å². The Balaban J connectivity index is 1.50. The second-order valence-electron chi connectivity index (χ2n) is 12.0. The first-order valence-corrected chi connectivity index (χ1v) is 14.1. The molecule has 11 heteroatoms. The van der Waals surface area contributed by atoms with Crippen molar-refractivity contribution < 1.29 is 42.5 Å². The molecule has 1 amide bonds. The average molecular weight is 618 g/mol. The van der Waals surface area contributed by atoms with Crippen molar-refractivity contribution in [2.45, 2.75) is 65.2 Å². The topological polar surface area (TPSA) is 140 Å². The zero-order valence-corrected chi connectivity index (χ0v) is 25.9. The van der Waals surface area contributed by atoms with Gasteiger partial charge in [-0.3, -0.25) is 4.79 Å². The summed E-state index contributed by atoms with van der Waals surface area (Å²) in [5.41, 5.74) is -1.13. The second kappa shape index (κ2) is 13.5. The van der Waals surface area contributed by atoms with Gasteiger partial charge in [0.2, 0.25) is 11.2 Å². The molecule has 0 saturated carbocycles. The van der Waals surface area contributed by atoms with E-state index in [1.807, 2.05) is 6.07 Å². The molecule has 236 valence electrons. The van der Waals surface area contributed by atoms with Crippen LogP contribution in [0.5, 0.6) is 23.0 Å². The van der Waals surface area contributed by atoms with Crippen LogP contribution in [0, 0.1) is 0 Å². The summed E-state index contributed by atoms with van der Waals surface area (Å²) < 4.78 is 32.5. The number of carbonyl (C=O) groups is 3. The van der Waals surface area contributed by atoms with Gasteiger partial charge in [0.15, 0.2) is 0 Å². The molecule has 45 heavy (non-hydrogen) atoms. The van der Waals surface area contributed by atoms with Gasteiger partial charge in [0.05, 0.1) is 5.39 Å². The third-order valence-electron chi connectivity index (χ3n) is 5.83. The van der Waals surface area contributed by atoms with Gasteiger partial charge in [-0.15, -0.1) is 0 Å². The number of hydrogen-bond donors (Lipinski definition) is 1. The molecule has 1 aromatic heterocycles. The average Bonchev–Trinajstić information content (AvgIpc) is 2.94. The van der Waals surface area contributed by atoms with Gasteiger partial charge in [0.25, 0.3) is 0 Å². The Kier molecular flexibility index (Phi) is 9.81. The number of alkyl carbamates (subject to hydrolysis) is 1. The largest absolute Gasteiger partial charge is 0.514 e. The molecule has 4 aromatic rings. The van der Waals surface area contributed by atoms with E-state index in [-0.39, 0.29) is 34.6 Å². The molecule has 0 bridgehead atoms. The number of ether oxygens (including phenoxy) is 5. The summed E-state index contributed by atoms with van der Waals surface area (Å²) in [6.45, 7) is 10.3. The maximum Gasteiger partial charge on any atom is 0.514 e. The van der Waals surface area contributed by atoms with Crippen molar-refractivity contribution in [2.75, 3.05) is 0 Å². The number of hydrogen-bond acceptors (Lipinski definition) is 10. The molecule has 1 atom stereocenters. The number of para-hydroxylation sites is 1. The van der Waals surface area contributed by atoms with Gasteiger partial charge in [-0.25, -0.2) is 14.4 Å². The van der Waals surface area contributed by atoms with Crippen molar-refractivity contribution >= 4 is 29.2 Å². The van der Waals surface area contributed by atoms with Crippen LogP contribution in [0.15, 0.2) is 88.3 Å². The maximum atomic E-state index is 13.3. The Morgan fingerprint density at radius 3 is 2.07 bits per heavy atom. The first-order valence-electron chi connectivity index (χ1n) is 14.1. The molecule has 0 spiro atoms. The molecule has 0 saturated heterocycles. The standard InChI is InChI=1S/C34H35NO10/c1-33(2,3)44-31(38)35-26(18-21-12-14-23(15-13-21)43-32(39)45-34(4,5)6)30(37)42-24-16-17-25-27(19-24)40-20-28(29(25)36)41-22-10-8-7-9-11-22/h7-17,19-20,26H,18H2,1-6H3,(H,35,38)/t26-/m0/s1. The number of benzene rings is 3. The highest BCUT2D eigenvalue weighted by molar-refractivity contribution is 5.85. The van der Waals surface area contributed by atoms with Gasteiger partial charge < -0.3 is 33.4 Å². The number of amides is 1. The molecular formula is C34H35NO10. The van der Waals surface area contributed by atoms with E-state index in [1.54, 1.807) is 77.9 Å². The molecule has 0 unspecified atom stereocenters. The molecule has 0 fully saturated rings. The van der Waals surface area contributed by atoms with E-state index in [0.29, 0.717) is 11.3 Å². The fraction of sp³-hybridized carbons (Fsp3) is 0.294. The molecule has 0 aliphatic rings. The SMILES string of the molecule is CC(C)(C)OC(=O)N[C@@H](Cc1ccc(OC(=O)OC(C)(C)C)cc1)C(=O)Oc1ccc2c(=O)c(Oc3ccccc3)coc2c1. The Morgan fingerprint density at radius 2 is 1.42 bits per heavy atom. The lowest BCUT2D eigenvalue weighted by atomic mass is 10.1.